The number of primary amides is 1. The lowest BCUT2D eigenvalue weighted by molar-refractivity contribution is 0.159. The van der Waals surface area contributed by atoms with Gasteiger partial charge in [-0.15, -0.1) is 0 Å². The Morgan fingerprint density at radius 2 is 1.93 bits per heavy atom. The van der Waals surface area contributed by atoms with Gasteiger partial charge < -0.3 is 20.9 Å². The van der Waals surface area contributed by atoms with E-state index in [0.29, 0.717) is 17.9 Å². The molecule has 3 aliphatic rings. The summed E-state index contributed by atoms with van der Waals surface area (Å²) in [4.78, 5) is 32.5. The number of likely N-dealkylation sites (tertiary alicyclic amines) is 1. The highest BCUT2D eigenvalue weighted by Crippen LogP contribution is 2.63. The molecule has 7 heteroatoms. The Hall–Kier alpha value is -3.09. The zero-order valence-electron chi connectivity index (χ0n) is 17.0. The first-order chi connectivity index (χ1) is 14.6. The van der Waals surface area contributed by atoms with Crippen molar-refractivity contribution in [3.05, 3.63) is 59.9 Å². The summed E-state index contributed by atoms with van der Waals surface area (Å²) < 4.78 is 0. The predicted octanol–water partition coefficient (Wildman–Crippen LogP) is 3.74. The monoisotopic (exact) mass is 405 g/mol. The number of nitrogens with two attached hydrogens (primary N) is 1. The van der Waals surface area contributed by atoms with Crippen LogP contribution in [0.2, 0.25) is 0 Å². The molecule has 30 heavy (non-hydrogen) atoms. The lowest BCUT2D eigenvalue weighted by Crippen LogP contribution is -2.42. The SMILES string of the molecule is NC(=O)N1Cc2cnccc2C1CC1CC12CCN(C(=O)Nc1ccccc1)CC2. The predicted molar refractivity (Wildman–Crippen MR) is 114 cm³/mol. The van der Waals surface area contributed by atoms with Gasteiger partial charge >= 0.3 is 12.1 Å². The number of urea groups is 2. The fourth-order valence-corrected chi connectivity index (χ4v) is 5.37. The molecule has 2 aromatic rings. The molecule has 1 saturated heterocycles. The van der Waals surface area contributed by atoms with Gasteiger partial charge in [-0.3, -0.25) is 4.98 Å². The molecule has 2 unspecified atom stereocenters. The minimum Gasteiger partial charge on any atom is -0.351 e. The molecule has 3 N–H and O–H groups in total. The summed E-state index contributed by atoms with van der Waals surface area (Å²) in [5, 5.41) is 2.98. The minimum atomic E-state index is -0.363. The van der Waals surface area contributed by atoms with Crippen molar-refractivity contribution in [1.82, 2.24) is 14.8 Å². The van der Waals surface area contributed by atoms with Crippen LogP contribution in [0.3, 0.4) is 0 Å². The Kier molecular flexibility index (Phi) is 4.60. The van der Waals surface area contributed by atoms with Gasteiger partial charge in [-0.2, -0.15) is 0 Å². The van der Waals surface area contributed by atoms with E-state index in [1.165, 1.54) is 12.0 Å². The van der Waals surface area contributed by atoms with E-state index in [2.05, 4.69) is 10.3 Å². The highest BCUT2D eigenvalue weighted by Gasteiger charge is 2.56. The zero-order chi connectivity index (χ0) is 20.7. The van der Waals surface area contributed by atoms with E-state index in [4.69, 9.17) is 5.73 Å². The number of carbonyl (C=O) groups is 2. The summed E-state index contributed by atoms with van der Waals surface area (Å²) in [6, 6.07) is 11.3. The number of para-hydroxylation sites is 1. The lowest BCUT2D eigenvalue weighted by atomic mass is 9.88. The van der Waals surface area contributed by atoms with Crippen molar-refractivity contribution in [2.75, 3.05) is 18.4 Å². The number of hydrogen-bond acceptors (Lipinski definition) is 3. The molecule has 0 bridgehead atoms. The number of carbonyl (C=O) groups excluding carboxylic acids is 2. The topological polar surface area (TPSA) is 91.6 Å². The molecule has 0 radical (unpaired) electrons. The van der Waals surface area contributed by atoms with Crippen molar-refractivity contribution in [3.63, 3.8) is 0 Å². The highest BCUT2D eigenvalue weighted by molar-refractivity contribution is 5.89. The van der Waals surface area contributed by atoms with E-state index in [9.17, 15) is 9.59 Å². The highest BCUT2D eigenvalue weighted by atomic mass is 16.2. The Morgan fingerprint density at radius 3 is 2.67 bits per heavy atom. The Balaban J connectivity index is 1.19. The van der Waals surface area contributed by atoms with E-state index in [1.54, 1.807) is 11.1 Å². The molecule has 1 aromatic carbocycles. The number of rotatable bonds is 3. The molecule has 1 spiro atoms. The molecule has 2 aliphatic heterocycles. The third-order valence-corrected chi connectivity index (χ3v) is 7.24. The molecule has 156 valence electrons. The fourth-order valence-electron chi connectivity index (χ4n) is 5.37. The molecule has 1 saturated carbocycles. The maximum atomic E-state index is 12.6. The van der Waals surface area contributed by atoms with Crippen molar-refractivity contribution >= 4 is 17.7 Å². The smallest absolute Gasteiger partial charge is 0.321 e. The summed E-state index contributed by atoms with van der Waals surface area (Å²) >= 11 is 0. The normalized spacial score (nSPS) is 23.9. The summed E-state index contributed by atoms with van der Waals surface area (Å²) in [6.07, 6.45) is 7.79. The lowest BCUT2D eigenvalue weighted by Gasteiger charge is -2.33. The molecule has 2 atom stereocenters. The Morgan fingerprint density at radius 1 is 1.17 bits per heavy atom. The van der Waals surface area contributed by atoms with E-state index in [-0.39, 0.29) is 18.1 Å². The zero-order valence-corrected chi connectivity index (χ0v) is 17.0. The molecule has 4 amide bonds. The van der Waals surface area contributed by atoms with Gasteiger partial charge in [0, 0.05) is 37.7 Å². The third-order valence-electron chi connectivity index (χ3n) is 7.24. The van der Waals surface area contributed by atoms with Crippen LogP contribution in [0.1, 0.15) is 42.9 Å². The van der Waals surface area contributed by atoms with Gasteiger partial charge in [0.05, 0.1) is 6.04 Å². The average molecular weight is 406 g/mol. The van der Waals surface area contributed by atoms with Crippen LogP contribution in [-0.2, 0) is 6.54 Å². The number of fused-ring (bicyclic) bond motifs is 1. The number of nitrogens with zero attached hydrogens (tertiary/aromatic N) is 3. The first-order valence-electron chi connectivity index (χ1n) is 10.7. The van der Waals surface area contributed by atoms with E-state index in [0.717, 1.165) is 43.6 Å². The number of hydrogen-bond donors (Lipinski definition) is 2. The second kappa shape index (κ2) is 7.31. The summed E-state index contributed by atoms with van der Waals surface area (Å²) in [5.41, 5.74) is 9.08. The molecular formula is C23H27N5O2. The van der Waals surface area contributed by atoms with Crippen molar-refractivity contribution in [2.24, 2.45) is 17.1 Å². The van der Waals surface area contributed by atoms with Crippen LogP contribution < -0.4 is 11.1 Å². The molecular weight excluding hydrogens is 378 g/mol. The summed E-state index contributed by atoms with van der Waals surface area (Å²) in [7, 11) is 0. The molecule has 3 heterocycles. The Labute approximate surface area is 176 Å². The second-order valence-electron chi connectivity index (χ2n) is 8.84. The summed E-state index contributed by atoms with van der Waals surface area (Å²) in [6.45, 7) is 2.11. The van der Waals surface area contributed by atoms with Gasteiger partial charge in [-0.05, 0) is 66.3 Å². The van der Waals surface area contributed by atoms with Crippen molar-refractivity contribution in [1.29, 1.82) is 0 Å². The average Bonchev–Trinajstić information content (AvgIpc) is 3.27. The number of aromatic nitrogens is 1. The molecule has 1 aromatic heterocycles. The van der Waals surface area contributed by atoms with Crippen LogP contribution >= 0.6 is 0 Å². The molecule has 2 fully saturated rings. The summed E-state index contributed by atoms with van der Waals surface area (Å²) in [5.74, 6) is 0.572. The maximum Gasteiger partial charge on any atom is 0.321 e. The Bertz CT molecular complexity index is 955. The van der Waals surface area contributed by atoms with E-state index >= 15 is 0 Å². The quantitative estimate of drug-likeness (QED) is 0.815. The van der Waals surface area contributed by atoms with Crippen molar-refractivity contribution in [2.45, 2.75) is 38.3 Å². The number of nitrogens with one attached hydrogen (secondary N) is 1. The van der Waals surface area contributed by atoms with Gasteiger partial charge in [0.1, 0.15) is 0 Å². The number of pyridine rings is 1. The van der Waals surface area contributed by atoms with Crippen molar-refractivity contribution in [3.8, 4) is 0 Å². The van der Waals surface area contributed by atoms with Crippen molar-refractivity contribution < 1.29 is 9.59 Å². The third kappa shape index (κ3) is 3.38. The first-order valence-corrected chi connectivity index (χ1v) is 10.7. The van der Waals surface area contributed by atoms with Gasteiger partial charge in [0.15, 0.2) is 0 Å². The number of amides is 4. The number of benzene rings is 1. The van der Waals surface area contributed by atoms with Gasteiger partial charge in [-0.25, -0.2) is 9.59 Å². The van der Waals surface area contributed by atoms with E-state index < -0.39 is 0 Å². The van der Waals surface area contributed by atoms with Gasteiger partial charge in [0.2, 0.25) is 0 Å². The fraction of sp³-hybridized carbons (Fsp3) is 0.435. The van der Waals surface area contributed by atoms with Crippen LogP contribution in [0.5, 0.6) is 0 Å². The standard InChI is InChI=1S/C23H27N5O2/c24-21(29)28-15-16-14-25-9-6-19(16)20(28)12-17-13-23(17)7-10-27(11-8-23)22(30)26-18-4-2-1-3-5-18/h1-6,9,14,17,20H,7-8,10-13,15H2,(H2,24,29)(H,26,30). The van der Waals surface area contributed by atoms with Crippen LogP contribution in [0.25, 0.3) is 0 Å². The van der Waals surface area contributed by atoms with E-state index in [1.807, 2.05) is 47.5 Å². The molecule has 5 rings (SSSR count). The van der Waals surface area contributed by atoms with Crippen LogP contribution in [0.15, 0.2) is 48.8 Å². The number of anilines is 1. The van der Waals surface area contributed by atoms with Gasteiger partial charge in [0.25, 0.3) is 0 Å². The molecule has 1 aliphatic carbocycles. The molecule has 7 nitrogen and oxygen atoms in total. The largest absolute Gasteiger partial charge is 0.351 e. The first kappa shape index (κ1) is 18.9. The van der Waals surface area contributed by atoms with Crippen LogP contribution in [0.4, 0.5) is 15.3 Å². The minimum absolute atomic E-state index is 0.0228. The number of piperidine rings is 1. The van der Waals surface area contributed by atoms with Crippen LogP contribution in [-0.4, -0.2) is 39.9 Å². The maximum absolute atomic E-state index is 12.6. The second-order valence-corrected chi connectivity index (χ2v) is 8.84. The van der Waals surface area contributed by atoms with Gasteiger partial charge in [-0.1, -0.05) is 18.2 Å². The van der Waals surface area contributed by atoms with Crippen LogP contribution in [0, 0.1) is 11.3 Å².